The quantitative estimate of drug-likeness (QED) is 0.855. The van der Waals surface area contributed by atoms with E-state index < -0.39 is 0 Å². The lowest BCUT2D eigenvalue weighted by Crippen LogP contribution is -1.80. The highest BCUT2D eigenvalue weighted by atomic mass is 32.2. The largest absolute Gasteiger partial charge is 0.375 e. The van der Waals surface area contributed by atoms with E-state index in [0.717, 1.165) is 17.9 Å². The van der Waals surface area contributed by atoms with Gasteiger partial charge in [0.1, 0.15) is 0 Å². The van der Waals surface area contributed by atoms with Crippen LogP contribution in [0.25, 0.3) is 0 Å². The lowest BCUT2D eigenvalue weighted by Gasteiger charge is -1.96. The van der Waals surface area contributed by atoms with E-state index in [9.17, 15) is 0 Å². The van der Waals surface area contributed by atoms with E-state index in [2.05, 4.69) is 24.0 Å². The van der Waals surface area contributed by atoms with Crippen LogP contribution >= 0.6 is 34.4 Å². The molecule has 0 aromatic carbocycles. The molecule has 16 heavy (non-hydrogen) atoms. The molecule has 2 rings (SSSR count). The van der Waals surface area contributed by atoms with Gasteiger partial charge in [-0.1, -0.05) is 18.3 Å². The number of hydrogen-bond acceptors (Lipinski definition) is 5. The van der Waals surface area contributed by atoms with Gasteiger partial charge in [0.15, 0.2) is 5.13 Å². The topological polar surface area (TPSA) is 38.9 Å². The molecule has 2 N–H and O–H groups in total. The molecule has 2 aromatic rings. The van der Waals surface area contributed by atoms with E-state index in [0.29, 0.717) is 5.13 Å². The number of thioether (sulfide) groups is 1. The summed E-state index contributed by atoms with van der Waals surface area (Å²) in [4.78, 5) is 7.10. The van der Waals surface area contributed by atoms with Crippen molar-refractivity contribution in [2.75, 3.05) is 5.73 Å². The summed E-state index contributed by atoms with van der Waals surface area (Å²) < 4.78 is 1.24. The maximum Gasteiger partial charge on any atom is 0.181 e. The van der Waals surface area contributed by atoms with Gasteiger partial charge in [-0.15, -0.1) is 23.1 Å². The van der Waals surface area contributed by atoms with Gasteiger partial charge in [-0.3, -0.25) is 0 Å². The number of aryl methyl sites for hydroxylation is 2. The van der Waals surface area contributed by atoms with Crippen molar-refractivity contribution in [1.82, 2.24) is 4.98 Å². The van der Waals surface area contributed by atoms with Gasteiger partial charge in [-0.05, 0) is 25.5 Å². The Morgan fingerprint density at radius 1 is 1.31 bits per heavy atom. The number of nitrogens with two attached hydrogens (primary N) is 1. The molecule has 2 aromatic heterocycles. The molecule has 0 atom stereocenters. The summed E-state index contributed by atoms with van der Waals surface area (Å²) in [7, 11) is 0. The first-order valence-electron chi connectivity index (χ1n) is 5.12. The summed E-state index contributed by atoms with van der Waals surface area (Å²) in [5, 5.41) is 0.667. The van der Waals surface area contributed by atoms with Crippen LogP contribution in [-0.2, 0) is 12.2 Å². The van der Waals surface area contributed by atoms with Crippen molar-refractivity contribution in [3.05, 3.63) is 27.6 Å². The van der Waals surface area contributed by atoms with Crippen molar-refractivity contribution < 1.29 is 0 Å². The number of thiazole rings is 1. The second-order valence-electron chi connectivity index (χ2n) is 3.44. The van der Waals surface area contributed by atoms with Crippen molar-refractivity contribution in [1.29, 1.82) is 0 Å². The van der Waals surface area contributed by atoms with E-state index >= 15 is 0 Å². The average Bonchev–Trinajstić information content (AvgIpc) is 2.82. The van der Waals surface area contributed by atoms with E-state index in [-0.39, 0.29) is 0 Å². The Balaban J connectivity index is 1.99. The van der Waals surface area contributed by atoms with E-state index in [1.165, 1.54) is 14.0 Å². The normalized spacial score (nSPS) is 10.9. The van der Waals surface area contributed by atoms with Crippen LogP contribution in [-0.4, -0.2) is 4.98 Å². The first-order valence-corrected chi connectivity index (χ1v) is 7.74. The molecule has 0 aliphatic rings. The summed E-state index contributed by atoms with van der Waals surface area (Å²) in [6.07, 6.45) is 1.13. The minimum Gasteiger partial charge on any atom is -0.375 e. The predicted molar refractivity (Wildman–Crippen MR) is 74.5 cm³/mol. The molecule has 86 valence electrons. The fourth-order valence-corrected chi connectivity index (χ4v) is 4.39. The summed E-state index contributed by atoms with van der Waals surface area (Å²) in [6, 6.07) is 4.44. The second kappa shape index (κ2) is 5.21. The Morgan fingerprint density at radius 3 is 2.62 bits per heavy atom. The number of anilines is 1. The molecular formula is C11H14N2S3. The van der Waals surface area contributed by atoms with Crippen LogP contribution < -0.4 is 5.73 Å². The molecule has 0 bridgehead atoms. The molecule has 0 aliphatic carbocycles. The predicted octanol–water partition coefficient (Wildman–Crippen LogP) is 3.95. The zero-order chi connectivity index (χ0) is 11.5. The smallest absolute Gasteiger partial charge is 0.181 e. The Morgan fingerprint density at radius 2 is 2.06 bits per heavy atom. The Labute approximate surface area is 108 Å². The van der Waals surface area contributed by atoms with Gasteiger partial charge in [-0.25, -0.2) is 4.98 Å². The van der Waals surface area contributed by atoms with Gasteiger partial charge in [0, 0.05) is 15.5 Å². The number of nitrogens with zero attached hydrogens (tertiary/aromatic N) is 1. The summed E-state index contributed by atoms with van der Waals surface area (Å²) >= 11 is 5.31. The molecule has 0 saturated heterocycles. The molecule has 0 radical (unpaired) electrons. The van der Waals surface area contributed by atoms with Gasteiger partial charge >= 0.3 is 0 Å². The third-order valence-electron chi connectivity index (χ3n) is 2.18. The Hall–Kier alpha value is -0.520. The van der Waals surface area contributed by atoms with E-state index in [1.807, 2.05) is 30.0 Å². The molecule has 2 nitrogen and oxygen atoms in total. The standard InChI is InChI=1S/C11H14N2S3/c1-3-8-4-5-9(15-8)6-14-10-7(2)13-11(12)16-10/h4-5H,3,6H2,1-2H3,(H2,12,13). The Bertz CT molecular complexity index is 473. The highest BCUT2D eigenvalue weighted by Gasteiger charge is 2.07. The fraction of sp³-hybridized carbons (Fsp3) is 0.364. The van der Waals surface area contributed by atoms with Crippen molar-refractivity contribution in [2.45, 2.75) is 30.2 Å². The number of rotatable bonds is 4. The zero-order valence-electron chi connectivity index (χ0n) is 9.32. The monoisotopic (exact) mass is 270 g/mol. The number of nitrogen functional groups attached to an aromatic ring is 1. The van der Waals surface area contributed by atoms with Crippen LogP contribution in [0.2, 0.25) is 0 Å². The number of thiophene rings is 1. The minimum atomic E-state index is 0.667. The molecule has 0 spiro atoms. The van der Waals surface area contributed by atoms with Gasteiger partial charge in [-0.2, -0.15) is 0 Å². The van der Waals surface area contributed by atoms with Crippen LogP contribution in [0.5, 0.6) is 0 Å². The van der Waals surface area contributed by atoms with E-state index in [4.69, 9.17) is 5.73 Å². The SMILES string of the molecule is CCc1ccc(CSc2sc(N)nc2C)s1. The van der Waals surface area contributed by atoms with Crippen molar-refractivity contribution in [3.8, 4) is 0 Å². The molecule has 0 aliphatic heterocycles. The molecule has 0 unspecified atom stereocenters. The zero-order valence-corrected chi connectivity index (χ0v) is 11.8. The highest BCUT2D eigenvalue weighted by molar-refractivity contribution is 8.00. The lowest BCUT2D eigenvalue weighted by atomic mass is 10.4. The minimum absolute atomic E-state index is 0.667. The fourth-order valence-electron chi connectivity index (χ4n) is 1.36. The molecule has 0 fully saturated rings. The van der Waals surface area contributed by atoms with Gasteiger partial charge in [0.25, 0.3) is 0 Å². The van der Waals surface area contributed by atoms with Gasteiger partial charge in [0.2, 0.25) is 0 Å². The van der Waals surface area contributed by atoms with Crippen LogP contribution in [0, 0.1) is 6.92 Å². The van der Waals surface area contributed by atoms with Crippen LogP contribution in [0.1, 0.15) is 22.4 Å². The van der Waals surface area contributed by atoms with Crippen molar-refractivity contribution in [2.24, 2.45) is 0 Å². The number of hydrogen-bond donors (Lipinski definition) is 1. The van der Waals surface area contributed by atoms with Gasteiger partial charge in [0.05, 0.1) is 9.90 Å². The molecule has 0 saturated carbocycles. The molecule has 0 amide bonds. The molecule has 2 heterocycles. The van der Waals surface area contributed by atoms with Crippen molar-refractivity contribution in [3.63, 3.8) is 0 Å². The molecule has 5 heteroatoms. The van der Waals surface area contributed by atoms with Crippen LogP contribution in [0.15, 0.2) is 16.3 Å². The third kappa shape index (κ3) is 2.78. The third-order valence-corrected chi connectivity index (χ3v) is 5.99. The summed E-state index contributed by atoms with van der Waals surface area (Å²) in [5.74, 6) is 1.02. The first kappa shape index (κ1) is 12.0. The first-order chi connectivity index (χ1) is 7.69. The van der Waals surface area contributed by atoms with Crippen molar-refractivity contribution >= 4 is 39.6 Å². The van der Waals surface area contributed by atoms with Gasteiger partial charge < -0.3 is 5.73 Å². The van der Waals surface area contributed by atoms with Crippen LogP contribution in [0.4, 0.5) is 5.13 Å². The number of aromatic nitrogens is 1. The average molecular weight is 270 g/mol. The highest BCUT2D eigenvalue weighted by Crippen LogP contribution is 2.34. The Kier molecular flexibility index (Phi) is 3.89. The maximum absolute atomic E-state index is 5.67. The molecular weight excluding hydrogens is 256 g/mol. The maximum atomic E-state index is 5.67. The van der Waals surface area contributed by atoms with Crippen LogP contribution in [0.3, 0.4) is 0 Å². The lowest BCUT2D eigenvalue weighted by molar-refractivity contribution is 1.19. The second-order valence-corrected chi connectivity index (χ2v) is 6.96. The summed E-state index contributed by atoms with van der Waals surface area (Å²) in [5.41, 5.74) is 6.73. The van der Waals surface area contributed by atoms with E-state index in [1.54, 1.807) is 11.3 Å². The summed E-state index contributed by atoms with van der Waals surface area (Å²) in [6.45, 7) is 4.21.